The highest BCUT2D eigenvalue weighted by Crippen LogP contribution is 2.24. The SMILES string of the molecule is CCCc1cc(NCC)nc(-c2cccc(C)c2C)n1. The summed E-state index contributed by atoms with van der Waals surface area (Å²) in [6.45, 7) is 9.38. The highest BCUT2D eigenvalue weighted by atomic mass is 15.0. The first kappa shape index (κ1) is 14.5. The molecule has 0 aliphatic heterocycles. The number of anilines is 1. The molecule has 106 valence electrons. The van der Waals surface area contributed by atoms with Crippen molar-refractivity contribution >= 4 is 5.82 Å². The van der Waals surface area contributed by atoms with Gasteiger partial charge in [-0.25, -0.2) is 9.97 Å². The summed E-state index contributed by atoms with van der Waals surface area (Å²) in [6.07, 6.45) is 2.08. The van der Waals surface area contributed by atoms with Crippen LogP contribution in [0.15, 0.2) is 24.3 Å². The molecular weight excluding hydrogens is 246 g/mol. The van der Waals surface area contributed by atoms with E-state index in [0.29, 0.717) is 0 Å². The summed E-state index contributed by atoms with van der Waals surface area (Å²) in [7, 11) is 0. The minimum Gasteiger partial charge on any atom is -0.370 e. The molecule has 1 N–H and O–H groups in total. The van der Waals surface area contributed by atoms with Crippen molar-refractivity contribution in [2.75, 3.05) is 11.9 Å². The van der Waals surface area contributed by atoms with Crippen molar-refractivity contribution < 1.29 is 0 Å². The van der Waals surface area contributed by atoms with Crippen LogP contribution in [0.3, 0.4) is 0 Å². The fraction of sp³-hybridized carbons (Fsp3) is 0.412. The van der Waals surface area contributed by atoms with Crippen LogP contribution in [-0.2, 0) is 6.42 Å². The van der Waals surface area contributed by atoms with Gasteiger partial charge in [-0.05, 0) is 38.3 Å². The molecule has 3 heteroatoms. The van der Waals surface area contributed by atoms with Crippen LogP contribution in [0.4, 0.5) is 5.82 Å². The Morgan fingerprint density at radius 2 is 1.90 bits per heavy atom. The number of hydrogen-bond donors (Lipinski definition) is 1. The number of nitrogens with one attached hydrogen (secondary N) is 1. The molecule has 0 saturated heterocycles. The van der Waals surface area contributed by atoms with E-state index in [4.69, 9.17) is 4.98 Å². The smallest absolute Gasteiger partial charge is 0.162 e. The Morgan fingerprint density at radius 1 is 1.10 bits per heavy atom. The summed E-state index contributed by atoms with van der Waals surface area (Å²) in [5.74, 6) is 1.75. The highest BCUT2D eigenvalue weighted by Gasteiger charge is 2.09. The Kier molecular flexibility index (Phi) is 4.72. The van der Waals surface area contributed by atoms with E-state index in [2.05, 4.69) is 62.3 Å². The van der Waals surface area contributed by atoms with Gasteiger partial charge in [0, 0.05) is 23.9 Å². The quantitative estimate of drug-likeness (QED) is 0.886. The molecule has 0 amide bonds. The first-order valence-electron chi connectivity index (χ1n) is 7.34. The molecule has 2 aromatic rings. The van der Waals surface area contributed by atoms with E-state index in [-0.39, 0.29) is 0 Å². The van der Waals surface area contributed by atoms with Gasteiger partial charge in [0.05, 0.1) is 0 Å². The number of aromatic nitrogens is 2. The number of nitrogens with zero attached hydrogens (tertiary/aromatic N) is 2. The Balaban J connectivity index is 2.51. The molecule has 1 aromatic carbocycles. The van der Waals surface area contributed by atoms with Gasteiger partial charge >= 0.3 is 0 Å². The molecule has 0 bridgehead atoms. The van der Waals surface area contributed by atoms with Gasteiger partial charge in [-0.1, -0.05) is 31.5 Å². The standard InChI is InChI=1S/C17H23N3/c1-5-8-14-11-16(18-6-2)20-17(19-14)15-10-7-9-12(3)13(15)4/h7,9-11H,5-6,8H2,1-4H3,(H,18,19,20). The van der Waals surface area contributed by atoms with Crippen LogP contribution >= 0.6 is 0 Å². The van der Waals surface area contributed by atoms with Crippen LogP contribution in [0.5, 0.6) is 0 Å². The van der Waals surface area contributed by atoms with Crippen LogP contribution in [0, 0.1) is 13.8 Å². The van der Waals surface area contributed by atoms with Crippen LogP contribution in [0.25, 0.3) is 11.4 Å². The minimum atomic E-state index is 0.827. The fourth-order valence-corrected chi connectivity index (χ4v) is 2.27. The summed E-state index contributed by atoms with van der Waals surface area (Å²) < 4.78 is 0. The molecule has 0 spiro atoms. The van der Waals surface area contributed by atoms with E-state index < -0.39 is 0 Å². The summed E-state index contributed by atoms with van der Waals surface area (Å²) >= 11 is 0. The van der Waals surface area contributed by atoms with E-state index in [1.165, 1.54) is 11.1 Å². The molecule has 20 heavy (non-hydrogen) atoms. The first-order chi connectivity index (χ1) is 9.65. The lowest BCUT2D eigenvalue weighted by molar-refractivity contribution is 0.874. The zero-order valence-corrected chi connectivity index (χ0v) is 12.8. The highest BCUT2D eigenvalue weighted by molar-refractivity contribution is 5.63. The molecular formula is C17H23N3. The van der Waals surface area contributed by atoms with Crippen LogP contribution in [0.1, 0.15) is 37.1 Å². The van der Waals surface area contributed by atoms with Crippen LogP contribution in [-0.4, -0.2) is 16.5 Å². The summed E-state index contributed by atoms with van der Waals surface area (Å²) in [4.78, 5) is 9.38. The fourth-order valence-electron chi connectivity index (χ4n) is 2.27. The van der Waals surface area contributed by atoms with Crippen molar-refractivity contribution in [1.82, 2.24) is 9.97 Å². The Hall–Kier alpha value is -1.90. The van der Waals surface area contributed by atoms with Crippen LogP contribution in [0.2, 0.25) is 0 Å². The lowest BCUT2D eigenvalue weighted by Crippen LogP contribution is -2.05. The van der Waals surface area contributed by atoms with E-state index >= 15 is 0 Å². The van der Waals surface area contributed by atoms with Gasteiger partial charge < -0.3 is 5.32 Å². The van der Waals surface area contributed by atoms with Crippen molar-refractivity contribution in [3.8, 4) is 11.4 Å². The maximum atomic E-state index is 4.73. The monoisotopic (exact) mass is 269 g/mol. The number of benzene rings is 1. The molecule has 0 atom stereocenters. The summed E-state index contributed by atoms with van der Waals surface area (Å²) in [6, 6.07) is 8.35. The van der Waals surface area contributed by atoms with Gasteiger partial charge in [0.25, 0.3) is 0 Å². The molecule has 0 saturated carbocycles. The molecule has 1 aromatic heterocycles. The third kappa shape index (κ3) is 3.16. The van der Waals surface area contributed by atoms with Crippen molar-refractivity contribution in [3.05, 3.63) is 41.1 Å². The predicted molar refractivity (Wildman–Crippen MR) is 85.1 cm³/mol. The van der Waals surface area contributed by atoms with Crippen molar-refractivity contribution in [3.63, 3.8) is 0 Å². The zero-order valence-electron chi connectivity index (χ0n) is 12.8. The Labute approximate surface area is 121 Å². The lowest BCUT2D eigenvalue weighted by Gasteiger charge is -2.11. The van der Waals surface area contributed by atoms with Crippen LogP contribution < -0.4 is 5.32 Å². The minimum absolute atomic E-state index is 0.827. The van der Waals surface area contributed by atoms with Gasteiger partial charge in [0.1, 0.15) is 5.82 Å². The second-order valence-corrected chi connectivity index (χ2v) is 5.10. The van der Waals surface area contributed by atoms with E-state index in [0.717, 1.165) is 42.3 Å². The Morgan fingerprint density at radius 3 is 2.60 bits per heavy atom. The number of hydrogen-bond acceptors (Lipinski definition) is 3. The number of aryl methyl sites for hydroxylation is 2. The summed E-state index contributed by atoms with van der Waals surface area (Å²) in [5, 5.41) is 3.30. The van der Waals surface area contributed by atoms with Gasteiger partial charge in [-0.15, -0.1) is 0 Å². The third-order valence-electron chi connectivity index (χ3n) is 3.49. The van der Waals surface area contributed by atoms with E-state index in [1.807, 2.05) is 0 Å². The summed E-state index contributed by atoms with van der Waals surface area (Å²) in [5.41, 5.74) is 4.76. The lowest BCUT2D eigenvalue weighted by atomic mass is 10.0. The average molecular weight is 269 g/mol. The second kappa shape index (κ2) is 6.51. The van der Waals surface area contributed by atoms with Gasteiger partial charge in [0.15, 0.2) is 5.82 Å². The first-order valence-corrected chi connectivity index (χ1v) is 7.34. The normalized spacial score (nSPS) is 10.6. The molecule has 3 nitrogen and oxygen atoms in total. The largest absolute Gasteiger partial charge is 0.370 e. The van der Waals surface area contributed by atoms with Crippen molar-refractivity contribution in [2.24, 2.45) is 0 Å². The van der Waals surface area contributed by atoms with Gasteiger partial charge in [-0.3, -0.25) is 0 Å². The topological polar surface area (TPSA) is 37.8 Å². The molecule has 0 fully saturated rings. The van der Waals surface area contributed by atoms with Crippen molar-refractivity contribution in [1.29, 1.82) is 0 Å². The molecule has 1 heterocycles. The van der Waals surface area contributed by atoms with E-state index in [1.54, 1.807) is 0 Å². The molecule has 2 rings (SSSR count). The molecule has 0 radical (unpaired) electrons. The molecule has 0 unspecified atom stereocenters. The van der Waals surface area contributed by atoms with Gasteiger partial charge in [0.2, 0.25) is 0 Å². The molecule has 0 aliphatic carbocycles. The Bertz CT molecular complexity index is 567. The second-order valence-electron chi connectivity index (χ2n) is 5.10. The molecule has 0 aliphatic rings. The zero-order chi connectivity index (χ0) is 14.5. The van der Waals surface area contributed by atoms with Crippen molar-refractivity contribution in [2.45, 2.75) is 40.5 Å². The van der Waals surface area contributed by atoms with E-state index in [9.17, 15) is 0 Å². The van der Waals surface area contributed by atoms with Gasteiger partial charge in [-0.2, -0.15) is 0 Å². The maximum Gasteiger partial charge on any atom is 0.162 e. The maximum absolute atomic E-state index is 4.73. The average Bonchev–Trinajstić information content (AvgIpc) is 2.42. The number of rotatable bonds is 5. The third-order valence-corrected chi connectivity index (χ3v) is 3.49. The predicted octanol–water partition coefficient (Wildman–Crippen LogP) is 4.14.